The summed E-state index contributed by atoms with van der Waals surface area (Å²) < 4.78 is 0. The van der Waals surface area contributed by atoms with Gasteiger partial charge in [0.05, 0.1) is 0 Å². The van der Waals surface area contributed by atoms with Crippen molar-refractivity contribution >= 4 is 17.3 Å². The summed E-state index contributed by atoms with van der Waals surface area (Å²) >= 11 is 0. The lowest BCUT2D eigenvalue weighted by atomic mass is 10.0. The van der Waals surface area contributed by atoms with Crippen LogP contribution in [0.5, 0.6) is 0 Å². The largest absolute Gasteiger partial charge is 0.382 e. The average molecular weight is 261 g/mol. The van der Waals surface area contributed by atoms with E-state index >= 15 is 0 Å². The van der Waals surface area contributed by atoms with Gasteiger partial charge in [0.1, 0.15) is 0 Å². The summed E-state index contributed by atoms with van der Waals surface area (Å²) in [5.41, 5.74) is 8.80. The van der Waals surface area contributed by atoms with Crippen molar-refractivity contribution in [2.45, 2.75) is 39.2 Å². The van der Waals surface area contributed by atoms with E-state index in [0.29, 0.717) is 12.0 Å². The van der Waals surface area contributed by atoms with Crippen molar-refractivity contribution in [1.82, 2.24) is 0 Å². The van der Waals surface area contributed by atoms with E-state index < -0.39 is 0 Å². The van der Waals surface area contributed by atoms with Crippen LogP contribution < -0.4 is 16.4 Å². The van der Waals surface area contributed by atoms with E-state index in [-0.39, 0.29) is 5.91 Å². The first kappa shape index (κ1) is 13.9. The van der Waals surface area contributed by atoms with Crippen molar-refractivity contribution < 1.29 is 4.79 Å². The van der Waals surface area contributed by atoms with E-state index in [1.165, 1.54) is 26.2 Å². The topological polar surface area (TPSA) is 67.2 Å². The molecule has 0 radical (unpaired) electrons. The van der Waals surface area contributed by atoms with E-state index in [2.05, 4.69) is 16.7 Å². The number of rotatable bonds is 4. The molecule has 1 fully saturated rings. The van der Waals surface area contributed by atoms with Crippen LogP contribution in [-0.4, -0.2) is 18.5 Å². The highest BCUT2D eigenvalue weighted by molar-refractivity contribution is 5.90. The van der Waals surface area contributed by atoms with Gasteiger partial charge in [-0.1, -0.05) is 12.5 Å². The van der Waals surface area contributed by atoms with Crippen LogP contribution in [0.3, 0.4) is 0 Å². The first-order valence-electron chi connectivity index (χ1n) is 6.95. The maximum Gasteiger partial charge on any atom is 0.221 e. The predicted octanol–water partition coefficient (Wildman–Crippen LogP) is 2.49. The second kappa shape index (κ2) is 6.06. The zero-order chi connectivity index (χ0) is 13.8. The number of hydrogen-bond donors (Lipinski definition) is 3. The fourth-order valence-electron chi connectivity index (χ4n) is 2.76. The minimum absolute atomic E-state index is 0.0408. The first-order chi connectivity index (χ1) is 9.10. The highest BCUT2D eigenvalue weighted by atomic mass is 16.1. The maximum atomic E-state index is 11.2. The van der Waals surface area contributed by atoms with Gasteiger partial charge in [-0.05, 0) is 49.9 Å². The SMILES string of the molecule is CC(=O)Nc1cc(NC2CCCC2CN)ccc1C. The fourth-order valence-corrected chi connectivity index (χ4v) is 2.76. The van der Waals surface area contributed by atoms with Crippen molar-refractivity contribution in [3.05, 3.63) is 23.8 Å². The van der Waals surface area contributed by atoms with Crippen LogP contribution in [0.4, 0.5) is 11.4 Å². The van der Waals surface area contributed by atoms with E-state index in [1.54, 1.807) is 0 Å². The second-order valence-electron chi connectivity index (χ2n) is 5.39. The molecule has 2 rings (SSSR count). The van der Waals surface area contributed by atoms with Crippen molar-refractivity contribution in [3.63, 3.8) is 0 Å². The average Bonchev–Trinajstić information content (AvgIpc) is 2.80. The van der Waals surface area contributed by atoms with Gasteiger partial charge < -0.3 is 16.4 Å². The highest BCUT2D eigenvalue weighted by Gasteiger charge is 2.25. The van der Waals surface area contributed by atoms with Crippen LogP contribution in [-0.2, 0) is 4.79 Å². The van der Waals surface area contributed by atoms with Crippen molar-refractivity contribution in [2.24, 2.45) is 11.7 Å². The van der Waals surface area contributed by atoms with Crippen LogP contribution >= 0.6 is 0 Å². The number of hydrogen-bond acceptors (Lipinski definition) is 3. The molecule has 104 valence electrons. The number of carbonyl (C=O) groups is 1. The monoisotopic (exact) mass is 261 g/mol. The van der Waals surface area contributed by atoms with E-state index in [0.717, 1.165) is 23.5 Å². The lowest BCUT2D eigenvalue weighted by Gasteiger charge is -2.21. The zero-order valence-electron chi connectivity index (χ0n) is 11.7. The highest BCUT2D eigenvalue weighted by Crippen LogP contribution is 2.29. The third-order valence-corrected chi connectivity index (χ3v) is 3.86. The third kappa shape index (κ3) is 3.47. The Bertz CT molecular complexity index is 459. The molecule has 1 aromatic rings. The van der Waals surface area contributed by atoms with Gasteiger partial charge in [0, 0.05) is 24.3 Å². The smallest absolute Gasteiger partial charge is 0.221 e. The van der Waals surface area contributed by atoms with Gasteiger partial charge in [-0.15, -0.1) is 0 Å². The summed E-state index contributed by atoms with van der Waals surface area (Å²) in [6.07, 6.45) is 3.62. The Labute approximate surface area is 114 Å². The molecule has 4 N–H and O–H groups in total. The molecule has 4 nitrogen and oxygen atoms in total. The Balaban J connectivity index is 2.10. The fraction of sp³-hybridized carbons (Fsp3) is 0.533. The summed E-state index contributed by atoms with van der Waals surface area (Å²) in [6.45, 7) is 4.26. The van der Waals surface area contributed by atoms with Crippen molar-refractivity contribution in [2.75, 3.05) is 17.2 Å². The molecule has 0 bridgehead atoms. The molecule has 1 amide bonds. The molecule has 0 saturated heterocycles. The summed E-state index contributed by atoms with van der Waals surface area (Å²) in [4.78, 5) is 11.2. The Morgan fingerprint density at radius 1 is 1.42 bits per heavy atom. The summed E-state index contributed by atoms with van der Waals surface area (Å²) in [6, 6.07) is 6.55. The zero-order valence-corrected chi connectivity index (χ0v) is 11.7. The number of anilines is 2. The Morgan fingerprint density at radius 2 is 2.21 bits per heavy atom. The van der Waals surface area contributed by atoms with Gasteiger partial charge in [0.25, 0.3) is 0 Å². The Morgan fingerprint density at radius 3 is 2.89 bits per heavy atom. The van der Waals surface area contributed by atoms with Gasteiger partial charge >= 0.3 is 0 Å². The van der Waals surface area contributed by atoms with Gasteiger partial charge in [0.2, 0.25) is 5.91 Å². The molecule has 1 aliphatic carbocycles. The lowest BCUT2D eigenvalue weighted by molar-refractivity contribution is -0.114. The van der Waals surface area contributed by atoms with E-state index in [4.69, 9.17) is 5.73 Å². The molecule has 19 heavy (non-hydrogen) atoms. The number of carbonyl (C=O) groups excluding carboxylic acids is 1. The molecule has 0 spiro atoms. The van der Waals surface area contributed by atoms with Gasteiger partial charge in [-0.2, -0.15) is 0 Å². The number of benzene rings is 1. The van der Waals surface area contributed by atoms with Crippen LogP contribution in [0.15, 0.2) is 18.2 Å². The number of nitrogens with one attached hydrogen (secondary N) is 2. The lowest BCUT2D eigenvalue weighted by Crippen LogP contribution is -2.29. The predicted molar refractivity (Wildman–Crippen MR) is 79.3 cm³/mol. The molecular weight excluding hydrogens is 238 g/mol. The standard InChI is InChI=1S/C15H23N3O/c1-10-6-7-13(8-15(10)17-11(2)19)18-14-5-3-4-12(14)9-16/h6-8,12,14,18H,3-5,9,16H2,1-2H3,(H,17,19). The molecule has 1 aromatic carbocycles. The molecule has 1 aliphatic rings. The number of nitrogens with two attached hydrogens (primary N) is 1. The molecule has 0 heterocycles. The summed E-state index contributed by atoms with van der Waals surface area (Å²) in [5, 5.41) is 6.41. The first-order valence-corrected chi connectivity index (χ1v) is 6.95. The Hall–Kier alpha value is -1.55. The van der Waals surface area contributed by atoms with Crippen molar-refractivity contribution in [1.29, 1.82) is 0 Å². The van der Waals surface area contributed by atoms with E-state index in [9.17, 15) is 4.79 Å². The molecule has 0 aliphatic heterocycles. The van der Waals surface area contributed by atoms with Gasteiger partial charge in [0.15, 0.2) is 0 Å². The number of amides is 1. The summed E-state index contributed by atoms with van der Waals surface area (Å²) in [7, 11) is 0. The third-order valence-electron chi connectivity index (χ3n) is 3.86. The molecule has 2 unspecified atom stereocenters. The molecule has 0 aromatic heterocycles. The van der Waals surface area contributed by atoms with Crippen LogP contribution in [0.25, 0.3) is 0 Å². The van der Waals surface area contributed by atoms with Crippen LogP contribution in [0.2, 0.25) is 0 Å². The minimum Gasteiger partial charge on any atom is -0.382 e. The van der Waals surface area contributed by atoms with Crippen molar-refractivity contribution in [3.8, 4) is 0 Å². The molecular formula is C15H23N3O. The number of aryl methyl sites for hydroxylation is 1. The second-order valence-corrected chi connectivity index (χ2v) is 5.39. The normalized spacial score (nSPS) is 22.3. The Kier molecular flexibility index (Phi) is 4.43. The quantitative estimate of drug-likeness (QED) is 0.780. The maximum absolute atomic E-state index is 11.2. The van der Waals surface area contributed by atoms with Crippen LogP contribution in [0.1, 0.15) is 31.7 Å². The van der Waals surface area contributed by atoms with Crippen LogP contribution in [0, 0.1) is 12.8 Å². The van der Waals surface area contributed by atoms with E-state index in [1.807, 2.05) is 19.1 Å². The minimum atomic E-state index is -0.0408. The van der Waals surface area contributed by atoms with Gasteiger partial charge in [-0.3, -0.25) is 4.79 Å². The molecule has 4 heteroatoms. The molecule has 1 saturated carbocycles. The molecule has 2 atom stereocenters. The van der Waals surface area contributed by atoms with Gasteiger partial charge in [-0.25, -0.2) is 0 Å². The summed E-state index contributed by atoms with van der Waals surface area (Å²) in [5.74, 6) is 0.520.